The van der Waals surface area contributed by atoms with Crippen LogP contribution in [0.4, 0.5) is 0 Å². The molecule has 2 aromatic rings. The molecule has 0 N–H and O–H groups in total. The number of rotatable bonds is 3. The smallest absolute Gasteiger partial charge is 0.360 e. The Bertz CT molecular complexity index is 690. The molecule has 0 saturated heterocycles. The van der Waals surface area contributed by atoms with Crippen molar-refractivity contribution in [2.75, 3.05) is 13.7 Å². The van der Waals surface area contributed by atoms with Crippen molar-refractivity contribution in [3.05, 3.63) is 35.0 Å². The summed E-state index contributed by atoms with van der Waals surface area (Å²) in [6.45, 7) is 4.21. The number of aromatic nitrogens is 1. The Morgan fingerprint density at radius 1 is 1.48 bits per heavy atom. The summed E-state index contributed by atoms with van der Waals surface area (Å²) >= 11 is 0. The molecule has 1 atom stereocenters. The van der Waals surface area contributed by atoms with Gasteiger partial charge in [-0.2, -0.15) is 0 Å². The van der Waals surface area contributed by atoms with E-state index >= 15 is 0 Å². The second-order valence-corrected chi connectivity index (χ2v) is 5.12. The highest BCUT2D eigenvalue weighted by atomic mass is 16.5. The Balaban J connectivity index is 2.12. The molecule has 21 heavy (non-hydrogen) atoms. The van der Waals surface area contributed by atoms with Gasteiger partial charge < -0.3 is 14.0 Å². The van der Waals surface area contributed by atoms with Crippen molar-refractivity contribution in [3.8, 4) is 17.1 Å². The summed E-state index contributed by atoms with van der Waals surface area (Å²) in [6.07, 6.45) is 0.715. The Labute approximate surface area is 122 Å². The van der Waals surface area contributed by atoms with Crippen LogP contribution in [-0.4, -0.2) is 24.8 Å². The number of carbonyl (C=O) groups is 1. The van der Waals surface area contributed by atoms with E-state index < -0.39 is 5.97 Å². The molecule has 0 radical (unpaired) electrons. The van der Waals surface area contributed by atoms with Crippen LogP contribution < -0.4 is 4.74 Å². The molecule has 1 heterocycles. The summed E-state index contributed by atoms with van der Waals surface area (Å²) in [5.74, 6) is 1.25. The fourth-order valence-corrected chi connectivity index (χ4v) is 2.77. The molecule has 1 aliphatic rings. The molecule has 0 unspecified atom stereocenters. The van der Waals surface area contributed by atoms with E-state index in [-0.39, 0.29) is 11.6 Å². The second kappa shape index (κ2) is 5.24. The van der Waals surface area contributed by atoms with E-state index in [1.165, 1.54) is 5.56 Å². The highest BCUT2D eigenvalue weighted by Gasteiger charge is 2.31. The van der Waals surface area contributed by atoms with Crippen LogP contribution in [0.25, 0.3) is 11.3 Å². The maximum Gasteiger partial charge on any atom is 0.360 e. The molecule has 0 saturated carbocycles. The summed E-state index contributed by atoms with van der Waals surface area (Å²) in [5, 5.41) is 3.91. The first-order valence-electron chi connectivity index (χ1n) is 6.99. The van der Waals surface area contributed by atoms with Crippen molar-refractivity contribution in [1.29, 1.82) is 0 Å². The van der Waals surface area contributed by atoms with E-state index in [0.717, 1.165) is 16.9 Å². The van der Waals surface area contributed by atoms with Gasteiger partial charge in [0.05, 0.1) is 13.7 Å². The van der Waals surface area contributed by atoms with Gasteiger partial charge in [0.2, 0.25) is 0 Å². The van der Waals surface area contributed by atoms with E-state index in [1.54, 1.807) is 14.0 Å². The minimum absolute atomic E-state index is 0.283. The van der Waals surface area contributed by atoms with Crippen molar-refractivity contribution in [1.82, 2.24) is 5.16 Å². The molecule has 1 aliphatic carbocycles. The molecule has 5 nitrogen and oxygen atoms in total. The minimum Gasteiger partial charge on any atom is -0.497 e. The predicted molar refractivity (Wildman–Crippen MR) is 76.6 cm³/mol. The third-order valence-electron chi connectivity index (χ3n) is 3.80. The number of carbonyl (C=O) groups excluding carboxylic acids is 1. The van der Waals surface area contributed by atoms with Crippen molar-refractivity contribution in [2.45, 2.75) is 26.2 Å². The van der Waals surface area contributed by atoms with Gasteiger partial charge in [0, 0.05) is 11.1 Å². The maximum atomic E-state index is 12.0. The van der Waals surface area contributed by atoms with Crippen LogP contribution >= 0.6 is 0 Å². The molecule has 0 spiro atoms. The van der Waals surface area contributed by atoms with E-state index in [2.05, 4.69) is 12.1 Å². The standard InChI is InChI=1S/C16H17NO4/c1-4-20-16(18)14-13-7-9(2)11-6-5-10(19-3)8-12(11)15(13)21-17-14/h5-6,8-9H,4,7H2,1-3H3/t9-/m1/s1. The molecular weight excluding hydrogens is 270 g/mol. The van der Waals surface area contributed by atoms with Crippen LogP contribution in [0.1, 0.15) is 41.4 Å². The molecule has 110 valence electrons. The van der Waals surface area contributed by atoms with Crippen LogP contribution in [0, 0.1) is 0 Å². The lowest BCUT2D eigenvalue weighted by atomic mass is 9.82. The average Bonchev–Trinajstić information content (AvgIpc) is 2.91. The molecule has 0 fully saturated rings. The molecule has 1 aromatic heterocycles. The lowest BCUT2D eigenvalue weighted by Gasteiger charge is -2.21. The summed E-state index contributed by atoms with van der Waals surface area (Å²) < 4.78 is 15.7. The summed E-state index contributed by atoms with van der Waals surface area (Å²) in [7, 11) is 1.62. The summed E-state index contributed by atoms with van der Waals surface area (Å²) in [4.78, 5) is 12.0. The highest BCUT2D eigenvalue weighted by molar-refractivity contribution is 5.91. The number of esters is 1. The van der Waals surface area contributed by atoms with Crippen LogP contribution in [0.3, 0.4) is 0 Å². The van der Waals surface area contributed by atoms with Crippen LogP contribution in [0.15, 0.2) is 22.7 Å². The second-order valence-electron chi connectivity index (χ2n) is 5.12. The van der Waals surface area contributed by atoms with Gasteiger partial charge in [-0.05, 0) is 37.0 Å². The molecule has 0 bridgehead atoms. The Morgan fingerprint density at radius 2 is 2.29 bits per heavy atom. The molecule has 1 aromatic carbocycles. The van der Waals surface area contributed by atoms with Crippen molar-refractivity contribution in [3.63, 3.8) is 0 Å². The SMILES string of the molecule is CCOC(=O)c1noc2c1C[C@@H](C)c1ccc(OC)cc1-2. The summed E-state index contributed by atoms with van der Waals surface area (Å²) in [5.41, 5.74) is 3.22. The van der Waals surface area contributed by atoms with Gasteiger partial charge in [-0.25, -0.2) is 4.79 Å². The Morgan fingerprint density at radius 3 is 3.00 bits per heavy atom. The maximum absolute atomic E-state index is 12.0. The van der Waals surface area contributed by atoms with Gasteiger partial charge in [-0.3, -0.25) is 0 Å². The van der Waals surface area contributed by atoms with E-state index in [9.17, 15) is 4.79 Å². The largest absolute Gasteiger partial charge is 0.497 e. The molecule has 0 aliphatic heterocycles. The number of benzene rings is 1. The monoisotopic (exact) mass is 287 g/mol. The van der Waals surface area contributed by atoms with Crippen LogP contribution in [0.2, 0.25) is 0 Å². The lowest BCUT2D eigenvalue weighted by molar-refractivity contribution is 0.0513. The van der Waals surface area contributed by atoms with Gasteiger partial charge in [0.1, 0.15) is 5.75 Å². The van der Waals surface area contributed by atoms with Crippen molar-refractivity contribution >= 4 is 5.97 Å². The third kappa shape index (κ3) is 2.18. The average molecular weight is 287 g/mol. The zero-order valence-corrected chi connectivity index (χ0v) is 12.3. The number of methoxy groups -OCH3 is 1. The minimum atomic E-state index is -0.430. The molecule has 3 rings (SSSR count). The van der Waals surface area contributed by atoms with Crippen molar-refractivity contribution < 1.29 is 18.8 Å². The lowest BCUT2D eigenvalue weighted by Crippen LogP contribution is -2.13. The number of nitrogens with zero attached hydrogens (tertiary/aromatic N) is 1. The Hall–Kier alpha value is -2.30. The van der Waals surface area contributed by atoms with Gasteiger partial charge in [-0.15, -0.1) is 0 Å². The van der Waals surface area contributed by atoms with E-state index in [1.807, 2.05) is 18.2 Å². The van der Waals surface area contributed by atoms with E-state index in [4.69, 9.17) is 14.0 Å². The number of ether oxygens (including phenoxy) is 2. The van der Waals surface area contributed by atoms with Crippen LogP contribution in [-0.2, 0) is 11.2 Å². The fraction of sp³-hybridized carbons (Fsp3) is 0.375. The zero-order valence-electron chi connectivity index (χ0n) is 12.3. The first-order valence-corrected chi connectivity index (χ1v) is 6.99. The quantitative estimate of drug-likeness (QED) is 0.811. The third-order valence-corrected chi connectivity index (χ3v) is 3.80. The molecule has 5 heteroatoms. The Kier molecular flexibility index (Phi) is 3.41. The van der Waals surface area contributed by atoms with E-state index in [0.29, 0.717) is 18.8 Å². The topological polar surface area (TPSA) is 61.6 Å². The fourth-order valence-electron chi connectivity index (χ4n) is 2.77. The van der Waals surface area contributed by atoms with Gasteiger partial charge in [-0.1, -0.05) is 18.1 Å². The van der Waals surface area contributed by atoms with Gasteiger partial charge in [0.15, 0.2) is 11.5 Å². The highest BCUT2D eigenvalue weighted by Crippen LogP contribution is 2.42. The summed E-state index contributed by atoms with van der Waals surface area (Å²) in [6, 6.07) is 5.89. The normalized spacial score (nSPS) is 16.0. The number of fused-ring (bicyclic) bond motifs is 3. The first-order chi connectivity index (χ1) is 10.2. The number of hydrogen-bond acceptors (Lipinski definition) is 5. The molecule has 0 amide bonds. The van der Waals surface area contributed by atoms with Gasteiger partial charge in [0.25, 0.3) is 0 Å². The van der Waals surface area contributed by atoms with Crippen molar-refractivity contribution in [2.24, 2.45) is 0 Å². The zero-order chi connectivity index (χ0) is 15.0. The van der Waals surface area contributed by atoms with Gasteiger partial charge >= 0.3 is 5.97 Å². The van der Waals surface area contributed by atoms with Crippen LogP contribution in [0.5, 0.6) is 5.75 Å². The number of hydrogen-bond donors (Lipinski definition) is 0. The molecular formula is C16H17NO4. The first kappa shape index (κ1) is 13.7. The predicted octanol–water partition coefficient (Wildman–Crippen LogP) is 3.19.